The van der Waals surface area contributed by atoms with E-state index in [4.69, 9.17) is 14.6 Å². The van der Waals surface area contributed by atoms with Crippen LogP contribution in [0.25, 0.3) is 0 Å². The van der Waals surface area contributed by atoms with Gasteiger partial charge in [0.2, 0.25) is 0 Å². The van der Waals surface area contributed by atoms with Gasteiger partial charge in [0, 0.05) is 19.3 Å². The number of carboxylic acids is 1. The molecule has 2 saturated heterocycles. The Labute approximate surface area is 145 Å². The molecular weight excluding hydrogens is 326 g/mol. The van der Waals surface area contributed by atoms with Gasteiger partial charge in [-0.25, -0.2) is 9.59 Å². The van der Waals surface area contributed by atoms with Crippen LogP contribution in [-0.4, -0.2) is 54.9 Å². The molecule has 134 valence electrons. The number of piperidine rings is 1. The van der Waals surface area contributed by atoms with Crippen molar-refractivity contribution in [3.05, 3.63) is 35.9 Å². The van der Waals surface area contributed by atoms with Crippen LogP contribution < -0.4 is 4.90 Å². The standard InChI is InChI=1S/C18H21NO6/c1-19-12-7-8-13(19)16(18(23)24-10-15(20)21)14(9-12)25-17(22)11-5-3-2-4-6-11/h2-6,12-14,16H,7-10H2,1H3,(H,20,21)/p+1/t12?,13?,14-,16+/m0/s1. The maximum Gasteiger partial charge on any atom is 0.341 e. The lowest BCUT2D eigenvalue weighted by molar-refractivity contribution is -0.926. The van der Waals surface area contributed by atoms with Gasteiger partial charge < -0.3 is 19.5 Å². The predicted molar refractivity (Wildman–Crippen MR) is 86.0 cm³/mol. The van der Waals surface area contributed by atoms with Crippen molar-refractivity contribution in [2.45, 2.75) is 37.5 Å². The number of hydrogen-bond acceptors (Lipinski definition) is 5. The molecule has 0 spiro atoms. The average Bonchev–Trinajstić information content (AvgIpc) is 2.83. The van der Waals surface area contributed by atoms with Crippen molar-refractivity contribution in [2.75, 3.05) is 13.7 Å². The number of carbonyl (C=O) groups excluding carboxylic acids is 2. The Morgan fingerprint density at radius 2 is 1.92 bits per heavy atom. The lowest BCUT2D eigenvalue weighted by Crippen LogP contribution is -3.16. The lowest BCUT2D eigenvalue weighted by atomic mass is 9.87. The molecule has 2 heterocycles. The van der Waals surface area contributed by atoms with Crippen molar-refractivity contribution in [2.24, 2.45) is 5.92 Å². The van der Waals surface area contributed by atoms with Crippen LogP contribution in [0.1, 0.15) is 29.6 Å². The number of fused-ring (bicyclic) bond motifs is 2. The second-order valence-electron chi connectivity index (χ2n) is 6.70. The van der Waals surface area contributed by atoms with Crippen LogP contribution in [0.3, 0.4) is 0 Å². The van der Waals surface area contributed by atoms with Crippen LogP contribution in [-0.2, 0) is 19.1 Å². The summed E-state index contributed by atoms with van der Waals surface area (Å²) < 4.78 is 10.6. The molecule has 0 amide bonds. The van der Waals surface area contributed by atoms with Gasteiger partial charge in [-0.2, -0.15) is 0 Å². The average molecular weight is 348 g/mol. The normalized spacial score (nSPS) is 30.5. The summed E-state index contributed by atoms with van der Waals surface area (Å²) in [5.41, 5.74) is 0.429. The van der Waals surface area contributed by atoms with E-state index in [0.29, 0.717) is 18.0 Å². The molecule has 7 nitrogen and oxygen atoms in total. The Morgan fingerprint density at radius 3 is 2.60 bits per heavy atom. The Kier molecular flexibility index (Phi) is 5.03. The minimum atomic E-state index is -1.20. The van der Waals surface area contributed by atoms with E-state index in [1.807, 2.05) is 13.1 Å². The summed E-state index contributed by atoms with van der Waals surface area (Å²) in [4.78, 5) is 36.8. The first-order valence-electron chi connectivity index (χ1n) is 8.45. The monoisotopic (exact) mass is 348 g/mol. The molecule has 1 aromatic carbocycles. The molecule has 0 aliphatic carbocycles. The number of ether oxygens (including phenoxy) is 2. The second kappa shape index (κ2) is 7.23. The van der Waals surface area contributed by atoms with Gasteiger partial charge in [0.05, 0.1) is 18.7 Å². The van der Waals surface area contributed by atoms with E-state index in [-0.39, 0.29) is 6.04 Å². The van der Waals surface area contributed by atoms with Gasteiger partial charge in [-0.1, -0.05) is 18.2 Å². The van der Waals surface area contributed by atoms with E-state index in [9.17, 15) is 14.4 Å². The molecular formula is C18H22NO6+. The Balaban J connectivity index is 1.76. The minimum absolute atomic E-state index is 0.0198. The molecule has 0 aromatic heterocycles. The number of quaternary nitrogens is 1. The molecule has 2 aliphatic heterocycles. The fourth-order valence-corrected chi connectivity index (χ4v) is 4.04. The predicted octanol–water partition coefficient (Wildman–Crippen LogP) is -0.0946. The summed E-state index contributed by atoms with van der Waals surface area (Å²) >= 11 is 0. The summed E-state index contributed by atoms with van der Waals surface area (Å²) in [6.45, 7) is -0.677. The van der Waals surface area contributed by atoms with E-state index < -0.39 is 36.5 Å². The van der Waals surface area contributed by atoms with Gasteiger partial charge in [-0.05, 0) is 12.1 Å². The van der Waals surface area contributed by atoms with E-state index in [1.54, 1.807) is 24.3 Å². The van der Waals surface area contributed by atoms with Gasteiger partial charge in [0.1, 0.15) is 18.1 Å². The Morgan fingerprint density at radius 1 is 1.20 bits per heavy atom. The highest BCUT2D eigenvalue weighted by Gasteiger charge is 2.54. The van der Waals surface area contributed by atoms with E-state index in [1.165, 1.54) is 4.90 Å². The van der Waals surface area contributed by atoms with E-state index in [0.717, 1.165) is 12.8 Å². The molecule has 25 heavy (non-hydrogen) atoms. The number of rotatable bonds is 5. The summed E-state index contributed by atoms with van der Waals surface area (Å²) in [6, 6.07) is 8.94. The van der Waals surface area contributed by atoms with Crippen molar-refractivity contribution in [1.29, 1.82) is 0 Å². The third kappa shape index (κ3) is 3.66. The van der Waals surface area contributed by atoms with Crippen LogP contribution in [0.15, 0.2) is 30.3 Å². The molecule has 2 fully saturated rings. The van der Waals surface area contributed by atoms with Crippen LogP contribution in [0.4, 0.5) is 0 Å². The van der Waals surface area contributed by atoms with Crippen molar-refractivity contribution in [1.82, 2.24) is 0 Å². The van der Waals surface area contributed by atoms with E-state index >= 15 is 0 Å². The van der Waals surface area contributed by atoms with Gasteiger partial charge >= 0.3 is 17.9 Å². The van der Waals surface area contributed by atoms with Gasteiger partial charge in [0.25, 0.3) is 0 Å². The highest BCUT2D eigenvalue weighted by molar-refractivity contribution is 5.89. The summed E-state index contributed by atoms with van der Waals surface area (Å²) in [6.07, 6.45) is 1.78. The lowest BCUT2D eigenvalue weighted by Gasteiger charge is -2.38. The number of nitrogens with one attached hydrogen (secondary N) is 1. The summed E-state index contributed by atoms with van der Waals surface area (Å²) in [5.74, 6) is -2.91. The number of carbonyl (C=O) groups is 3. The SMILES string of the molecule is C[NH+]1C2CCC1[C@@H](C(=O)OCC(=O)O)[C@@H](OC(=O)c1ccccc1)C2. The Bertz CT molecular complexity index is 661. The molecule has 1 aromatic rings. The van der Waals surface area contributed by atoms with E-state index in [2.05, 4.69) is 0 Å². The zero-order valence-electron chi connectivity index (χ0n) is 14.0. The molecule has 2 aliphatic rings. The smallest absolute Gasteiger partial charge is 0.341 e. The molecule has 3 unspecified atom stereocenters. The minimum Gasteiger partial charge on any atom is -0.479 e. The maximum absolute atomic E-state index is 12.5. The van der Waals surface area contributed by atoms with Crippen molar-refractivity contribution < 1.29 is 33.9 Å². The highest BCUT2D eigenvalue weighted by Crippen LogP contribution is 2.31. The number of hydrogen-bond donors (Lipinski definition) is 2. The van der Waals surface area contributed by atoms with Gasteiger partial charge in [0.15, 0.2) is 6.61 Å². The molecule has 2 bridgehead atoms. The molecule has 2 N–H and O–H groups in total. The van der Waals surface area contributed by atoms with Crippen molar-refractivity contribution in [3.8, 4) is 0 Å². The fourth-order valence-electron chi connectivity index (χ4n) is 4.04. The number of aliphatic carboxylic acids is 1. The summed E-state index contributed by atoms with van der Waals surface area (Å²) in [5, 5.41) is 8.74. The van der Waals surface area contributed by atoms with Gasteiger partial charge in [-0.3, -0.25) is 4.79 Å². The first-order chi connectivity index (χ1) is 12.0. The third-order valence-corrected chi connectivity index (χ3v) is 5.28. The quantitative estimate of drug-likeness (QED) is 0.722. The molecule has 3 rings (SSSR count). The molecule has 7 heteroatoms. The van der Waals surface area contributed by atoms with Crippen molar-refractivity contribution in [3.63, 3.8) is 0 Å². The molecule has 5 atom stereocenters. The van der Waals surface area contributed by atoms with Gasteiger partial charge in [-0.15, -0.1) is 0 Å². The Hall–Kier alpha value is -2.41. The molecule has 0 saturated carbocycles. The van der Waals surface area contributed by atoms with Crippen LogP contribution in [0.5, 0.6) is 0 Å². The van der Waals surface area contributed by atoms with Crippen LogP contribution in [0, 0.1) is 5.92 Å². The van der Waals surface area contributed by atoms with Crippen molar-refractivity contribution >= 4 is 17.9 Å². The maximum atomic E-state index is 12.5. The number of benzene rings is 1. The third-order valence-electron chi connectivity index (χ3n) is 5.28. The largest absolute Gasteiger partial charge is 0.479 e. The zero-order valence-corrected chi connectivity index (χ0v) is 14.0. The second-order valence-corrected chi connectivity index (χ2v) is 6.70. The van der Waals surface area contributed by atoms with Crippen LogP contribution in [0.2, 0.25) is 0 Å². The first kappa shape index (κ1) is 17.4. The van der Waals surface area contributed by atoms with Crippen LogP contribution >= 0.6 is 0 Å². The topological polar surface area (TPSA) is 94.3 Å². The number of carboxylic acid groups (broad SMARTS) is 1. The fraction of sp³-hybridized carbons (Fsp3) is 0.500. The summed E-state index contributed by atoms with van der Waals surface area (Å²) in [7, 11) is 2.02. The highest BCUT2D eigenvalue weighted by atomic mass is 16.6. The zero-order chi connectivity index (χ0) is 18.0. The molecule has 0 radical (unpaired) electrons. The first-order valence-corrected chi connectivity index (χ1v) is 8.45. The number of esters is 2.